The van der Waals surface area contributed by atoms with E-state index in [0.717, 1.165) is 17.7 Å². The average Bonchev–Trinajstić information content (AvgIpc) is 3.90. The molecule has 10 N–H and O–H groups in total. The number of halogens is 1. The van der Waals surface area contributed by atoms with Crippen molar-refractivity contribution in [3.05, 3.63) is 55.1 Å². The Morgan fingerprint density at radius 3 is 2.41 bits per heavy atom. The van der Waals surface area contributed by atoms with Crippen LogP contribution in [0, 0.1) is 11.8 Å². The summed E-state index contributed by atoms with van der Waals surface area (Å²) in [5, 5.41) is 47.9. The van der Waals surface area contributed by atoms with Crippen molar-refractivity contribution in [2.75, 3.05) is 23.8 Å². The first kappa shape index (κ1) is 54.1. The van der Waals surface area contributed by atoms with Gasteiger partial charge in [0.1, 0.15) is 54.4 Å². The highest BCUT2D eigenvalue weighted by Crippen LogP contribution is 2.43. The molecule has 0 saturated carbocycles. The molecule has 0 aliphatic carbocycles. The molecule has 1 aromatic carbocycles. The quantitative estimate of drug-likeness (QED) is 0.0293. The number of hydrogen-bond donors (Lipinski definition) is 10. The summed E-state index contributed by atoms with van der Waals surface area (Å²) in [5.41, 5.74) is 0.00856. The predicted molar refractivity (Wildman–Crippen MR) is 258 cm³/mol. The lowest BCUT2D eigenvalue weighted by atomic mass is 9.84. The van der Waals surface area contributed by atoms with Gasteiger partial charge in [-0.25, -0.2) is 19.7 Å². The molecule has 2 aliphatic rings. The van der Waals surface area contributed by atoms with E-state index in [9.17, 15) is 48.9 Å². The van der Waals surface area contributed by atoms with Crippen LogP contribution in [0.25, 0.3) is 11.2 Å². The number of aliphatic hydroxyl groups is 3. The molecule has 0 spiro atoms. The van der Waals surface area contributed by atoms with Crippen molar-refractivity contribution in [1.29, 1.82) is 0 Å². The Morgan fingerprint density at radius 1 is 1.04 bits per heavy atom. The van der Waals surface area contributed by atoms with Crippen LogP contribution in [0.4, 0.5) is 16.3 Å². The summed E-state index contributed by atoms with van der Waals surface area (Å²) in [6, 6.07) is 2.92. The van der Waals surface area contributed by atoms with E-state index in [1.807, 2.05) is 6.92 Å². The van der Waals surface area contributed by atoms with Gasteiger partial charge in [-0.1, -0.05) is 68.0 Å². The lowest BCUT2D eigenvalue weighted by Gasteiger charge is -2.43. The third kappa shape index (κ3) is 13.5. The monoisotopic (exact) mass is 1080 g/mol. The number of H-pyrrole nitrogens is 1. The Hall–Kier alpha value is -5.83. The second kappa shape index (κ2) is 23.7. The Morgan fingerprint density at radius 2 is 1.75 bits per heavy atom. The van der Waals surface area contributed by atoms with Gasteiger partial charge in [-0.15, -0.1) is 6.58 Å². The lowest BCUT2D eigenvalue weighted by Crippen LogP contribution is -2.68. The van der Waals surface area contributed by atoms with Crippen LogP contribution in [0.1, 0.15) is 79.2 Å². The van der Waals surface area contributed by atoms with E-state index < -0.39 is 93.9 Å². The molecule has 376 valence electrons. The first-order valence-electron chi connectivity index (χ1n) is 22.5. The first-order valence-corrected chi connectivity index (χ1v) is 23.6. The smallest absolute Gasteiger partial charge is 0.408 e. The average molecular weight is 1080 g/mol. The number of rotatable bonds is 22. The third-order valence-electron chi connectivity index (χ3n) is 11.9. The van der Waals surface area contributed by atoms with Crippen molar-refractivity contribution in [3.8, 4) is 0 Å². The van der Waals surface area contributed by atoms with Crippen LogP contribution in [0.3, 0.4) is 0 Å². The lowest BCUT2D eigenvalue weighted by molar-refractivity contribution is -0.186. The number of allylic oxidation sites excluding steroid dienone is 1. The SMILES string of the molecule is C=CCC(I)(CCC)C1CC(=O)N(CCC(=O)N[C@H](C(=O)N[C@@H](C)C(=O)Nc2ccc(COC(=O)NC(C)(C)C(=O)N[C@@H]3[C@@H](O)[C@H](O)[C@@H](Nc4ncnc5nc[nH]c45)O[C@H]3CO)cc2)C(C)C)C1=O. The molecule has 23 nitrogen and oxygen atoms in total. The molecule has 2 saturated heterocycles. The van der Waals surface area contributed by atoms with Gasteiger partial charge in [-0.2, -0.15) is 0 Å². The molecular weight excluding hydrogens is 1010 g/mol. The number of hydrogen-bond acceptors (Lipinski definition) is 16. The normalized spacial score (nSPS) is 22.3. The number of carbonyl (C=O) groups excluding carboxylic acids is 7. The van der Waals surface area contributed by atoms with Crippen LogP contribution in [-0.2, 0) is 44.8 Å². The zero-order chi connectivity index (χ0) is 50.8. The van der Waals surface area contributed by atoms with Crippen molar-refractivity contribution in [2.24, 2.45) is 11.8 Å². The number of ether oxygens (including phenoxy) is 2. The Labute approximate surface area is 412 Å². The van der Waals surface area contributed by atoms with Gasteiger partial charge in [0.25, 0.3) is 0 Å². The summed E-state index contributed by atoms with van der Waals surface area (Å²) in [6.45, 7) is 12.5. The van der Waals surface area contributed by atoms with Gasteiger partial charge in [0.05, 0.1) is 24.9 Å². The Kier molecular flexibility index (Phi) is 18.6. The number of carbonyl (C=O) groups is 7. The Balaban J connectivity index is 1.05. The number of anilines is 2. The van der Waals surface area contributed by atoms with Crippen molar-refractivity contribution < 1.29 is 58.4 Å². The number of aromatic nitrogens is 4. The van der Waals surface area contributed by atoms with E-state index in [4.69, 9.17) is 9.47 Å². The van der Waals surface area contributed by atoms with E-state index >= 15 is 0 Å². The molecule has 4 heterocycles. The van der Waals surface area contributed by atoms with Crippen LogP contribution in [-0.4, -0.2) is 146 Å². The summed E-state index contributed by atoms with van der Waals surface area (Å²) in [6.07, 6.45) is -0.274. The number of aromatic amines is 1. The maximum Gasteiger partial charge on any atom is 0.408 e. The van der Waals surface area contributed by atoms with E-state index in [0.29, 0.717) is 28.8 Å². The molecular formula is C45H62IN11O12. The fraction of sp³-hybridized carbons (Fsp3) is 0.556. The fourth-order valence-electron chi connectivity index (χ4n) is 7.95. The van der Waals surface area contributed by atoms with Gasteiger partial charge in [0.15, 0.2) is 17.7 Å². The molecule has 2 fully saturated rings. The number of benzene rings is 1. The molecule has 0 bridgehead atoms. The number of aliphatic hydroxyl groups excluding tert-OH is 3. The number of alkyl carbamates (subject to hydrolysis) is 1. The van der Waals surface area contributed by atoms with Gasteiger partial charge in [-0.3, -0.25) is 33.7 Å². The zero-order valence-electron chi connectivity index (χ0n) is 39.3. The summed E-state index contributed by atoms with van der Waals surface area (Å²) in [5.74, 6) is -3.83. The maximum atomic E-state index is 13.4. The van der Waals surface area contributed by atoms with E-state index in [1.165, 1.54) is 33.4 Å². The minimum atomic E-state index is -1.63. The van der Waals surface area contributed by atoms with E-state index in [1.54, 1.807) is 44.2 Å². The highest BCUT2D eigenvalue weighted by Gasteiger charge is 2.49. The van der Waals surface area contributed by atoms with Crippen molar-refractivity contribution >= 4 is 86.8 Å². The molecule has 2 unspecified atom stereocenters. The second-order valence-corrected chi connectivity index (χ2v) is 20.1. The fourth-order valence-corrected chi connectivity index (χ4v) is 9.29. The number of alkyl halides is 1. The molecule has 9 atom stereocenters. The first-order chi connectivity index (χ1) is 32.6. The Bertz CT molecular complexity index is 2350. The zero-order valence-corrected chi connectivity index (χ0v) is 41.4. The summed E-state index contributed by atoms with van der Waals surface area (Å²) in [4.78, 5) is 108. The molecule has 5 rings (SSSR count). The standard InChI is InChI=1S/C45H62IN11O12/c1-8-15-45(46,16-9-2)27-18-30(60)57(41(27)65)17-14-29(59)53-31(23(3)4)39(64)51-24(5)38(63)52-26-12-10-25(11-13-26)20-68-43(67)56-44(6,7)42(66)54-32-28(19-58)69-40(35(62)34(32)61)55-37-33-36(48-21-47-33)49-22-50-37/h8,10-13,21-24,27-28,31-32,34-35,40,58,61-62H,1,9,14-20H2,2-7H3,(H,51,64)(H,52,63)(H,53,59)(H,54,66)(H,56,67)(H2,47,48,49,50,55)/t24-,27?,28-,31-,32-,34+,35-,40-,45?/m0/s1. The second-order valence-electron chi connectivity index (χ2n) is 17.9. The number of amides is 7. The molecule has 7 amide bonds. The number of imide groups is 1. The van der Waals surface area contributed by atoms with E-state index in [-0.39, 0.29) is 49.5 Å². The van der Waals surface area contributed by atoms with Crippen LogP contribution >= 0.6 is 22.6 Å². The maximum absolute atomic E-state index is 13.4. The van der Waals surface area contributed by atoms with Crippen LogP contribution in [0.5, 0.6) is 0 Å². The van der Waals surface area contributed by atoms with Gasteiger partial charge in [0, 0.05) is 28.5 Å². The number of nitrogens with one attached hydrogen (secondary N) is 7. The van der Waals surface area contributed by atoms with Gasteiger partial charge in [0.2, 0.25) is 35.4 Å². The largest absolute Gasteiger partial charge is 0.445 e. The number of fused-ring (bicyclic) bond motifs is 1. The molecule has 24 heteroatoms. The topological polar surface area (TPSA) is 329 Å². The van der Waals surface area contributed by atoms with Crippen LogP contribution < -0.4 is 31.9 Å². The predicted octanol–water partition coefficient (Wildman–Crippen LogP) is 1.29. The third-order valence-corrected chi connectivity index (χ3v) is 13.6. The molecule has 3 aromatic rings. The highest BCUT2D eigenvalue weighted by molar-refractivity contribution is 14.1. The molecule has 69 heavy (non-hydrogen) atoms. The van der Waals surface area contributed by atoms with Crippen LogP contribution in [0.15, 0.2) is 49.6 Å². The minimum Gasteiger partial charge on any atom is -0.445 e. The van der Waals surface area contributed by atoms with Crippen molar-refractivity contribution in [3.63, 3.8) is 0 Å². The molecule has 2 aromatic heterocycles. The molecule has 0 radical (unpaired) electrons. The summed E-state index contributed by atoms with van der Waals surface area (Å²) >= 11 is 2.26. The van der Waals surface area contributed by atoms with Gasteiger partial charge >= 0.3 is 6.09 Å². The molecule has 2 aliphatic heterocycles. The van der Waals surface area contributed by atoms with Crippen molar-refractivity contribution in [1.82, 2.24) is 46.1 Å². The van der Waals surface area contributed by atoms with E-state index in [2.05, 4.69) is 81.0 Å². The minimum absolute atomic E-state index is 0.0626. The van der Waals surface area contributed by atoms with Gasteiger partial charge in [-0.05, 0) is 57.2 Å². The highest BCUT2D eigenvalue weighted by atomic mass is 127. The number of imidazole rings is 1. The van der Waals surface area contributed by atoms with Crippen LogP contribution in [0.2, 0.25) is 0 Å². The van der Waals surface area contributed by atoms with Gasteiger partial charge < -0.3 is 61.7 Å². The number of likely N-dealkylation sites (tertiary alicyclic amines) is 1. The van der Waals surface area contributed by atoms with Crippen molar-refractivity contribution in [2.45, 2.75) is 132 Å². The summed E-state index contributed by atoms with van der Waals surface area (Å²) < 4.78 is 10.7. The number of nitrogens with zero attached hydrogens (tertiary/aromatic N) is 4. The summed E-state index contributed by atoms with van der Waals surface area (Å²) in [7, 11) is 0.